The van der Waals surface area contributed by atoms with Crippen LogP contribution < -0.4 is 5.73 Å². The Morgan fingerprint density at radius 3 is 2.46 bits per heavy atom. The Balaban J connectivity index is 4.13. The van der Waals surface area contributed by atoms with Crippen LogP contribution in [0.5, 0.6) is 0 Å². The third-order valence-electron chi connectivity index (χ3n) is 1.94. The zero-order valence-electron chi connectivity index (χ0n) is 9.21. The van der Waals surface area contributed by atoms with Crippen LogP contribution in [0.1, 0.15) is 33.6 Å². The maximum atomic E-state index is 5.75. The van der Waals surface area contributed by atoms with Crippen LogP contribution in [0.25, 0.3) is 0 Å². The minimum Gasteiger partial charge on any atom is -0.387 e. The van der Waals surface area contributed by atoms with E-state index >= 15 is 0 Å². The van der Waals surface area contributed by atoms with E-state index in [2.05, 4.69) is 25.8 Å². The van der Waals surface area contributed by atoms with Crippen LogP contribution in [-0.4, -0.2) is 25.6 Å². The number of methoxy groups -OCH3 is 1. The molecule has 1 atom stereocenters. The Labute approximate surface area is 81.4 Å². The average molecular weight is 186 g/mol. The van der Waals surface area contributed by atoms with Crippen molar-refractivity contribution >= 4 is 5.84 Å². The van der Waals surface area contributed by atoms with Crippen LogP contribution in [0.4, 0.5) is 0 Å². The maximum Gasteiger partial charge on any atom is 0.0941 e. The fraction of sp³-hybridized carbons (Fsp3) is 0.900. The first-order chi connectivity index (χ1) is 6.11. The summed E-state index contributed by atoms with van der Waals surface area (Å²) < 4.78 is 5.08. The minimum absolute atomic E-state index is 0.205. The topological polar surface area (TPSA) is 47.6 Å². The quantitative estimate of drug-likeness (QED) is 0.508. The first-order valence-corrected chi connectivity index (χ1v) is 4.92. The second-order valence-electron chi connectivity index (χ2n) is 3.64. The SMILES string of the molecule is CCCC(N)=NC(COC)C(C)C. The lowest BCUT2D eigenvalue weighted by atomic mass is 10.1. The Morgan fingerprint density at radius 2 is 2.08 bits per heavy atom. The van der Waals surface area contributed by atoms with Gasteiger partial charge in [0.15, 0.2) is 0 Å². The van der Waals surface area contributed by atoms with E-state index in [0.717, 1.165) is 18.7 Å². The first kappa shape index (κ1) is 12.4. The maximum absolute atomic E-state index is 5.75. The number of rotatable bonds is 6. The predicted molar refractivity (Wildman–Crippen MR) is 57.0 cm³/mol. The highest BCUT2D eigenvalue weighted by atomic mass is 16.5. The number of aliphatic imine (C=N–C) groups is 1. The molecule has 0 saturated heterocycles. The molecular weight excluding hydrogens is 164 g/mol. The van der Waals surface area contributed by atoms with Crippen molar-refractivity contribution in [2.24, 2.45) is 16.6 Å². The summed E-state index contributed by atoms with van der Waals surface area (Å²) in [5, 5.41) is 0. The van der Waals surface area contributed by atoms with Crippen molar-refractivity contribution in [3.05, 3.63) is 0 Å². The number of nitrogens with two attached hydrogens (primary N) is 1. The highest BCUT2D eigenvalue weighted by Crippen LogP contribution is 2.07. The zero-order chi connectivity index (χ0) is 10.3. The van der Waals surface area contributed by atoms with Crippen LogP contribution in [-0.2, 0) is 4.74 Å². The Bertz CT molecular complexity index is 155. The van der Waals surface area contributed by atoms with Gasteiger partial charge in [0.05, 0.1) is 18.5 Å². The Morgan fingerprint density at radius 1 is 1.46 bits per heavy atom. The average Bonchev–Trinajstić information content (AvgIpc) is 2.04. The second-order valence-corrected chi connectivity index (χ2v) is 3.64. The van der Waals surface area contributed by atoms with Gasteiger partial charge in [-0.15, -0.1) is 0 Å². The molecule has 0 fully saturated rings. The van der Waals surface area contributed by atoms with Gasteiger partial charge < -0.3 is 10.5 Å². The van der Waals surface area contributed by atoms with Crippen molar-refractivity contribution in [3.63, 3.8) is 0 Å². The Hall–Kier alpha value is -0.570. The smallest absolute Gasteiger partial charge is 0.0941 e. The summed E-state index contributed by atoms with van der Waals surface area (Å²) in [5.41, 5.74) is 5.75. The lowest BCUT2D eigenvalue weighted by molar-refractivity contribution is 0.165. The minimum atomic E-state index is 0.205. The van der Waals surface area contributed by atoms with E-state index in [4.69, 9.17) is 10.5 Å². The third kappa shape index (κ3) is 5.64. The molecule has 0 aromatic rings. The summed E-state index contributed by atoms with van der Waals surface area (Å²) in [6.45, 7) is 7.02. The molecule has 3 nitrogen and oxygen atoms in total. The van der Waals surface area contributed by atoms with Crippen LogP contribution in [0, 0.1) is 5.92 Å². The highest BCUT2D eigenvalue weighted by Gasteiger charge is 2.11. The molecule has 0 aliphatic carbocycles. The molecule has 0 aliphatic rings. The van der Waals surface area contributed by atoms with E-state index < -0.39 is 0 Å². The molecule has 0 aliphatic heterocycles. The van der Waals surface area contributed by atoms with Gasteiger partial charge in [0, 0.05) is 13.5 Å². The molecule has 0 saturated carbocycles. The summed E-state index contributed by atoms with van der Waals surface area (Å²) in [5.74, 6) is 1.23. The molecule has 0 amide bonds. The fourth-order valence-corrected chi connectivity index (χ4v) is 1.08. The van der Waals surface area contributed by atoms with Crippen molar-refractivity contribution in [2.75, 3.05) is 13.7 Å². The van der Waals surface area contributed by atoms with Crippen LogP contribution in [0.2, 0.25) is 0 Å². The molecule has 13 heavy (non-hydrogen) atoms. The van der Waals surface area contributed by atoms with E-state index in [1.165, 1.54) is 0 Å². The number of hydrogen-bond donors (Lipinski definition) is 1. The van der Waals surface area contributed by atoms with Gasteiger partial charge in [-0.25, -0.2) is 0 Å². The van der Waals surface area contributed by atoms with Gasteiger partial charge in [-0.1, -0.05) is 20.8 Å². The van der Waals surface area contributed by atoms with Gasteiger partial charge in [0.2, 0.25) is 0 Å². The molecule has 78 valence electrons. The van der Waals surface area contributed by atoms with Crippen molar-refractivity contribution in [2.45, 2.75) is 39.7 Å². The van der Waals surface area contributed by atoms with Crippen LogP contribution in [0.15, 0.2) is 4.99 Å². The van der Waals surface area contributed by atoms with Crippen molar-refractivity contribution in [3.8, 4) is 0 Å². The first-order valence-electron chi connectivity index (χ1n) is 4.92. The molecule has 0 spiro atoms. The lowest BCUT2D eigenvalue weighted by Gasteiger charge is -2.16. The molecule has 2 N–H and O–H groups in total. The largest absolute Gasteiger partial charge is 0.387 e. The van der Waals surface area contributed by atoms with Gasteiger partial charge in [0.1, 0.15) is 0 Å². The molecule has 1 unspecified atom stereocenters. The predicted octanol–water partition coefficient (Wildman–Crippen LogP) is 1.81. The molecular formula is C10H22N2O. The summed E-state index contributed by atoms with van der Waals surface area (Å²) in [6.07, 6.45) is 1.93. The Kier molecular flexibility index (Phi) is 6.59. The molecule has 0 rings (SSSR count). The van der Waals surface area contributed by atoms with Crippen molar-refractivity contribution in [1.82, 2.24) is 0 Å². The number of amidine groups is 1. The van der Waals surface area contributed by atoms with E-state index in [0.29, 0.717) is 12.5 Å². The van der Waals surface area contributed by atoms with E-state index in [1.807, 2.05) is 0 Å². The third-order valence-corrected chi connectivity index (χ3v) is 1.94. The number of ether oxygens (including phenoxy) is 1. The fourth-order valence-electron chi connectivity index (χ4n) is 1.08. The van der Waals surface area contributed by atoms with Crippen molar-refractivity contribution < 1.29 is 4.74 Å². The molecule has 0 aromatic heterocycles. The van der Waals surface area contributed by atoms with Crippen LogP contribution >= 0.6 is 0 Å². The van der Waals surface area contributed by atoms with E-state index in [9.17, 15) is 0 Å². The van der Waals surface area contributed by atoms with Gasteiger partial charge in [-0.05, 0) is 12.3 Å². The zero-order valence-corrected chi connectivity index (χ0v) is 9.21. The van der Waals surface area contributed by atoms with Gasteiger partial charge in [-0.3, -0.25) is 4.99 Å². The summed E-state index contributed by atoms with van der Waals surface area (Å²) in [6, 6.07) is 0.205. The molecule has 0 radical (unpaired) electrons. The van der Waals surface area contributed by atoms with Gasteiger partial charge in [0.25, 0.3) is 0 Å². The van der Waals surface area contributed by atoms with E-state index in [-0.39, 0.29) is 6.04 Å². The highest BCUT2D eigenvalue weighted by molar-refractivity contribution is 5.80. The van der Waals surface area contributed by atoms with Crippen LogP contribution in [0.3, 0.4) is 0 Å². The molecule has 0 bridgehead atoms. The summed E-state index contributed by atoms with van der Waals surface area (Å²) in [7, 11) is 1.70. The van der Waals surface area contributed by atoms with Gasteiger partial charge in [-0.2, -0.15) is 0 Å². The molecule has 3 heteroatoms. The lowest BCUT2D eigenvalue weighted by Crippen LogP contribution is -2.24. The monoisotopic (exact) mass is 186 g/mol. The van der Waals surface area contributed by atoms with Crippen molar-refractivity contribution in [1.29, 1.82) is 0 Å². The number of hydrogen-bond acceptors (Lipinski definition) is 2. The summed E-state index contributed by atoms with van der Waals surface area (Å²) >= 11 is 0. The molecule has 0 aromatic carbocycles. The number of nitrogens with zero attached hydrogens (tertiary/aromatic N) is 1. The molecule has 0 heterocycles. The second kappa shape index (κ2) is 6.89. The van der Waals surface area contributed by atoms with E-state index in [1.54, 1.807) is 7.11 Å². The summed E-state index contributed by atoms with van der Waals surface area (Å²) in [4.78, 5) is 4.42. The normalized spacial score (nSPS) is 15.0. The standard InChI is InChI=1S/C10H22N2O/c1-5-6-10(11)12-9(7-13-4)8(2)3/h8-9H,5-7H2,1-4H3,(H2,11,12). The van der Waals surface area contributed by atoms with Gasteiger partial charge >= 0.3 is 0 Å².